The summed E-state index contributed by atoms with van der Waals surface area (Å²) in [6.45, 7) is 2.17. The van der Waals surface area contributed by atoms with Gasteiger partial charge in [0.2, 0.25) is 0 Å². The summed E-state index contributed by atoms with van der Waals surface area (Å²) in [7, 11) is 1.72. The molecule has 2 aromatic rings. The Kier molecular flexibility index (Phi) is 4.34. The first-order chi connectivity index (χ1) is 10.7. The van der Waals surface area contributed by atoms with Crippen LogP contribution in [0.25, 0.3) is 0 Å². The fraction of sp³-hybridized carbons (Fsp3) is 0.368. The molecule has 2 N–H and O–H groups in total. The number of hydrogen-bond acceptors (Lipinski definition) is 3. The van der Waals surface area contributed by atoms with Crippen molar-refractivity contribution in [3.05, 3.63) is 59.2 Å². The van der Waals surface area contributed by atoms with Gasteiger partial charge in [-0.05, 0) is 67.1 Å². The van der Waals surface area contributed by atoms with Gasteiger partial charge < -0.3 is 15.2 Å². The van der Waals surface area contributed by atoms with Crippen molar-refractivity contribution in [1.29, 1.82) is 0 Å². The summed E-state index contributed by atoms with van der Waals surface area (Å²) in [4.78, 5) is 0. The van der Waals surface area contributed by atoms with Crippen molar-refractivity contribution >= 4 is 0 Å². The number of phenols is 1. The highest BCUT2D eigenvalue weighted by Crippen LogP contribution is 2.27. The zero-order chi connectivity index (χ0) is 15.5. The van der Waals surface area contributed by atoms with Gasteiger partial charge in [0, 0.05) is 12.1 Å². The Balaban J connectivity index is 1.67. The van der Waals surface area contributed by atoms with Gasteiger partial charge in [-0.2, -0.15) is 0 Å². The topological polar surface area (TPSA) is 41.5 Å². The molecule has 0 amide bonds. The summed E-state index contributed by atoms with van der Waals surface area (Å²) >= 11 is 0. The van der Waals surface area contributed by atoms with E-state index in [1.165, 1.54) is 16.7 Å². The van der Waals surface area contributed by atoms with E-state index in [1.54, 1.807) is 19.2 Å². The lowest BCUT2D eigenvalue weighted by Gasteiger charge is -2.29. The third kappa shape index (κ3) is 3.25. The second kappa shape index (κ2) is 6.41. The van der Waals surface area contributed by atoms with E-state index in [2.05, 4.69) is 24.4 Å². The maximum atomic E-state index is 9.39. The number of ether oxygens (including phenoxy) is 1. The molecule has 0 fully saturated rings. The molecule has 2 aromatic carbocycles. The highest BCUT2D eigenvalue weighted by Gasteiger charge is 2.20. The van der Waals surface area contributed by atoms with Gasteiger partial charge in [-0.1, -0.05) is 18.2 Å². The summed E-state index contributed by atoms with van der Waals surface area (Å²) in [6.07, 6.45) is 3.30. The van der Waals surface area contributed by atoms with E-state index in [1.807, 2.05) is 18.2 Å². The number of benzene rings is 2. The first kappa shape index (κ1) is 14.9. The fourth-order valence-corrected chi connectivity index (χ4v) is 3.22. The zero-order valence-corrected chi connectivity index (χ0v) is 13.2. The quantitative estimate of drug-likeness (QED) is 0.906. The molecule has 0 saturated carbocycles. The van der Waals surface area contributed by atoms with Gasteiger partial charge in [0.15, 0.2) is 0 Å². The van der Waals surface area contributed by atoms with E-state index in [4.69, 9.17) is 4.74 Å². The molecule has 2 atom stereocenters. The molecule has 2 unspecified atom stereocenters. The van der Waals surface area contributed by atoms with Crippen LogP contribution in [0.3, 0.4) is 0 Å². The molecule has 0 aromatic heterocycles. The summed E-state index contributed by atoms with van der Waals surface area (Å²) in [6, 6.07) is 14.6. The maximum absolute atomic E-state index is 9.39. The Morgan fingerprint density at radius 2 is 1.91 bits per heavy atom. The number of fused-ring (bicyclic) bond motifs is 1. The largest absolute Gasteiger partial charge is 0.508 e. The van der Waals surface area contributed by atoms with Crippen molar-refractivity contribution in [3.63, 3.8) is 0 Å². The Morgan fingerprint density at radius 3 is 2.64 bits per heavy atom. The van der Waals surface area contributed by atoms with E-state index < -0.39 is 0 Å². The Hall–Kier alpha value is -2.00. The van der Waals surface area contributed by atoms with Gasteiger partial charge in [0.05, 0.1) is 7.11 Å². The lowest BCUT2D eigenvalue weighted by molar-refractivity contribution is 0.402. The normalized spacial score (nSPS) is 18.5. The lowest BCUT2D eigenvalue weighted by atomic mass is 9.87. The van der Waals surface area contributed by atoms with Gasteiger partial charge in [-0.25, -0.2) is 0 Å². The Bertz CT molecular complexity index is 636. The van der Waals surface area contributed by atoms with Gasteiger partial charge in [0.25, 0.3) is 0 Å². The summed E-state index contributed by atoms with van der Waals surface area (Å²) in [5.74, 6) is 1.25. The van der Waals surface area contributed by atoms with E-state index in [9.17, 15) is 5.11 Å². The molecular formula is C19H23NO2. The van der Waals surface area contributed by atoms with E-state index in [-0.39, 0.29) is 6.04 Å². The van der Waals surface area contributed by atoms with Crippen LogP contribution in [0.15, 0.2) is 42.5 Å². The molecule has 0 radical (unpaired) electrons. The molecule has 0 spiro atoms. The Labute approximate surface area is 131 Å². The van der Waals surface area contributed by atoms with Crippen molar-refractivity contribution in [3.8, 4) is 11.5 Å². The number of nitrogens with one attached hydrogen (secondary N) is 1. The average molecular weight is 297 g/mol. The zero-order valence-electron chi connectivity index (χ0n) is 13.2. The first-order valence-electron chi connectivity index (χ1n) is 7.86. The number of aryl methyl sites for hydroxylation is 1. The van der Waals surface area contributed by atoms with Gasteiger partial charge in [0.1, 0.15) is 11.5 Å². The van der Waals surface area contributed by atoms with Crippen molar-refractivity contribution < 1.29 is 9.84 Å². The van der Waals surface area contributed by atoms with Crippen molar-refractivity contribution in [2.45, 2.75) is 38.3 Å². The summed E-state index contributed by atoms with van der Waals surface area (Å²) < 4.78 is 5.33. The number of aromatic hydroxyl groups is 1. The summed E-state index contributed by atoms with van der Waals surface area (Å²) in [5.41, 5.74) is 4.03. The Morgan fingerprint density at radius 1 is 1.14 bits per heavy atom. The minimum atomic E-state index is 0.276. The average Bonchev–Trinajstić information content (AvgIpc) is 2.54. The van der Waals surface area contributed by atoms with Crippen LogP contribution in [-0.4, -0.2) is 18.3 Å². The maximum Gasteiger partial charge on any atom is 0.119 e. The molecule has 1 aliphatic carbocycles. The van der Waals surface area contributed by atoms with Crippen LogP contribution in [0.1, 0.15) is 36.1 Å². The van der Waals surface area contributed by atoms with Gasteiger partial charge in [-0.15, -0.1) is 0 Å². The van der Waals surface area contributed by atoms with Crippen molar-refractivity contribution in [1.82, 2.24) is 5.32 Å². The second-order valence-corrected chi connectivity index (χ2v) is 6.05. The predicted octanol–water partition coefficient (Wildman–Crippen LogP) is 3.61. The fourth-order valence-electron chi connectivity index (χ4n) is 3.22. The molecule has 3 rings (SSSR count). The highest BCUT2D eigenvalue weighted by molar-refractivity contribution is 5.38. The molecule has 0 bridgehead atoms. The SMILES string of the molecule is COc1ccc2c(c1)CC(NC(C)c1ccc(O)cc1)CC2. The summed E-state index contributed by atoms with van der Waals surface area (Å²) in [5, 5.41) is 13.1. The van der Waals surface area contributed by atoms with Crippen LogP contribution >= 0.6 is 0 Å². The minimum absolute atomic E-state index is 0.276. The molecule has 1 aliphatic rings. The number of hydrogen-bond donors (Lipinski definition) is 2. The number of methoxy groups -OCH3 is 1. The van der Waals surface area contributed by atoms with E-state index in [0.717, 1.165) is 25.0 Å². The van der Waals surface area contributed by atoms with Gasteiger partial charge in [-0.3, -0.25) is 0 Å². The minimum Gasteiger partial charge on any atom is -0.508 e. The molecule has 3 heteroatoms. The monoisotopic (exact) mass is 297 g/mol. The van der Waals surface area contributed by atoms with Crippen LogP contribution in [0.2, 0.25) is 0 Å². The third-order valence-corrected chi connectivity index (χ3v) is 4.52. The third-order valence-electron chi connectivity index (χ3n) is 4.52. The highest BCUT2D eigenvalue weighted by atomic mass is 16.5. The molecule has 0 aliphatic heterocycles. The molecular weight excluding hydrogens is 274 g/mol. The van der Waals surface area contributed by atoms with Crippen molar-refractivity contribution in [2.24, 2.45) is 0 Å². The standard InChI is InChI=1S/C19H23NO2/c1-13(14-4-8-18(21)9-5-14)20-17-7-3-15-6-10-19(22-2)12-16(15)11-17/h4-6,8-10,12-13,17,20-21H,3,7,11H2,1-2H3. The first-order valence-corrected chi connectivity index (χ1v) is 7.86. The van der Waals surface area contributed by atoms with Crippen molar-refractivity contribution in [2.75, 3.05) is 7.11 Å². The predicted molar refractivity (Wildman–Crippen MR) is 88.5 cm³/mol. The molecule has 3 nitrogen and oxygen atoms in total. The van der Waals surface area contributed by atoms with Crippen LogP contribution in [0.5, 0.6) is 11.5 Å². The van der Waals surface area contributed by atoms with E-state index in [0.29, 0.717) is 11.8 Å². The molecule has 0 saturated heterocycles. The van der Waals surface area contributed by atoms with Crippen LogP contribution < -0.4 is 10.1 Å². The number of phenolic OH excluding ortho intramolecular Hbond substituents is 1. The van der Waals surface area contributed by atoms with Crippen LogP contribution in [-0.2, 0) is 12.8 Å². The molecule has 116 valence electrons. The molecule has 22 heavy (non-hydrogen) atoms. The van der Waals surface area contributed by atoms with Crippen LogP contribution in [0.4, 0.5) is 0 Å². The smallest absolute Gasteiger partial charge is 0.119 e. The number of rotatable bonds is 4. The lowest BCUT2D eigenvalue weighted by Crippen LogP contribution is -2.36. The van der Waals surface area contributed by atoms with Crippen LogP contribution in [0, 0.1) is 0 Å². The van der Waals surface area contributed by atoms with Gasteiger partial charge >= 0.3 is 0 Å². The molecule has 0 heterocycles. The second-order valence-electron chi connectivity index (χ2n) is 6.05. The van der Waals surface area contributed by atoms with E-state index >= 15 is 0 Å².